The van der Waals surface area contributed by atoms with Crippen LogP contribution in [0.1, 0.15) is 45.4 Å². The minimum absolute atomic E-state index is 0.0959. The van der Waals surface area contributed by atoms with Gasteiger partial charge >= 0.3 is 18.0 Å². The van der Waals surface area contributed by atoms with Crippen molar-refractivity contribution in [3.63, 3.8) is 0 Å². The van der Waals surface area contributed by atoms with Crippen LogP contribution in [0.2, 0.25) is 0 Å². The van der Waals surface area contributed by atoms with Gasteiger partial charge in [-0.05, 0) is 19.3 Å². The lowest BCUT2D eigenvalue weighted by atomic mass is 9.89. The summed E-state index contributed by atoms with van der Waals surface area (Å²) in [5.41, 5.74) is 0. The van der Waals surface area contributed by atoms with E-state index < -0.39 is 24.4 Å². The number of ether oxygens (including phenoxy) is 2. The van der Waals surface area contributed by atoms with Crippen molar-refractivity contribution in [3.05, 3.63) is 0 Å². The lowest BCUT2D eigenvalue weighted by Gasteiger charge is -2.26. The molecule has 8 nitrogen and oxygen atoms in total. The van der Waals surface area contributed by atoms with Crippen LogP contribution in [0.15, 0.2) is 0 Å². The zero-order valence-electron chi connectivity index (χ0n) is 14.5. The molecule has 3 fully saturated rings. The molecule has 2 aliphatic heterocycles. The van der Waals surface area contributed by atoms with Crippen molar-refractivity contribution in [1.29, 1.82) is 0 Å². The highest BCUT2D eigenvalue weighted by atomic mass is 16.7. The van der Waals surface area contributed by atoms with E-state index in [1.54, 1.807) is 11.8 Å². The number of carbonyl (C=O) groups is 3. The quantitative estimate of drug-likeness (QED) is 0.580. The lowest BCUT2D eigenvalue weighted by molar-refractivity contribution is -0.172. The van der Waals surface area contributed by atoms with Gasteiger partial charge in [-0.25, -0.2) is 4.79 Å². The summed E-state index contributed by atoms with van der Waals surface area (Å²) in [5, 5.41) is 12.1. The van der Waals surface area contributed by atoms with Crippen molar-refractivity contribution in [2.24, 2.45) is 11.8 Å². The minimum Gasteiger partial charge on any atom is -0.480 e. The molecule has 0 spiro atoms. The first-order chi connectivity index (χ1) is 12.0. The predicted molar refractivity (Wildman–Crippen MR) is 86.6 cm³/mol. The topological polar surface area (TPSA) is 105 Å². The fraction of sp³-hybridized carbons (Fsp3) is 0.824. The van der Waals surface area contributed by atoms with E-state index in [-0.39, 0.29) is 23.8 Å². The Morgan fingerprint density at radius 1 is 1.12 bits per heavy atom. The number of carbonyl (C=O) groups excluding carboxylic acids is 2. The molecule has 0 radical (unpaired) electrons. The fourth-order valence-corrected chi connectivity index (χ4v) is 4.26. The number of hydrogen-bond acceptors (Lipinski definition) is 6. The van der Waals surface area contributed by atoms with Crippen LogP contribution in [0.4, 0.5) is 4.79 Å². The number of nitrogens with one attached hydrogen (secondary N) is 1. The second kappa shape index (κ2) is 7.59. The number of esters is 1. The second-order valence-corrected chi connectivity index (χ2v) is 7.16. The average Bonchev–Trinajstić information content (AvgIpc) is 3.16. The van der Waals surface area contributed by atoms with Crippen molar-refractivity contribution in [1.82, 2.24) is 10.2 Å². The Kier molecular flexibility index (Phi) is 5.46. The van der Waals surface area contributed by atoms with Gasteiger partial charge in [-0.2, -0.15) is 0 Å². The smallest absolute Gasteiger partial charge is 0.413 e. The number of likely N-dealkylation sites (tertiary alicyclic amines) is 1. The third-order valence-corrected chi connectivity index (χ3v) is 5.56. The highest BCUT2D eigenvalue weighted by molar-refractivity contribution is 5.76. The fourth-order valence-electron chi connectivity index (χ4n) is 4.26. The summed E-state index contributed by atoms with van der Waals surface area (Å²) in [6.07, 6.45) is 4.01. The second-order valence-electron chi connectivity index (χ2n) is 7.16. The van der Waals surface area contributed by atoms with Crippen LogP contribution < -0.4 is 5.32 Å². The van der Waals surface area contributed by atoms with Gasteiger partial charge < -0.3 is 24.8 Å². The minimum atomic E-state index is -0.939. The Balaban J connectivity index is 1.49. The largest absolute Gasteiger partial charge is 0.480 e. The molecule has 2 N–H and O–H groups in total. The third-order valence-electron chi connectivity index (χ3n) is 5.56. The highest BCUT2D eigenvalue weighted by Crippen LogP contribution is 2.32. The summed E-state index contributed by atoms with van der Waals surface area (Å²) < 4.78 is 10.5. The summed E-state index contributed by atoms with van der Waals surface area (Å²) in [4.78, 5) is 37.2. The number of amides is 1. The van der Waals surface area contributed by atoms with Crippen molar-refractivity contribution in [2.45, 2.75) is 63.8 Å². The summed E-state index contributed by atoms with van der Waals surface area (Å²) >= 11 is 0. The molecule has 8 heteroatoms. The van der Waals surface area contributed by atoms with Gasteiger partial charge in [0, 0.05) is 25.9 Å². The van der Waals surface area contributed by atoms with Crippen LogP contribution in [0, 0.1) is 11.8 Å². The van der Waals surface area contributed by atoms with Gasteiger partial charge in [-0.1, -0.05) is 19.3 Å². The van der Waals surface area contributed by atoms with Crippen molar-refractivity contribution < 1.29 is 29.0 Å². The molecule has 4 atom stereocenters. The zero-order chi connectivity index (χ0) is 18.0. The van der Waals surface area contributed by atoms with E-state index in [1.165, 1.54) is 0 Å². The number of nitrogens with zero attached hydrogens (tertiary/aromatic N) is 1. The molecule has 3 aliphatic rings. The van der Waals surface area contributed by atoms with Crippen LogP contribution in [0.25, 0.3) is 0 Å². The molecule has 2 heterocycles. The molecule has 2 saturated heterocycles. The molecule has 1 saturated carbocycles. The molecule has 140 valence electrons. The molecule has 1 aliphatic carbocycles. The molecule has 0 aromatic heterocycles. The number of hydrogen-bond donors (Lipinski definition) is 2. The molecule has 0 aromatic rings. The standard InChI is InChI=1S/C17H26N2O6/c1-10(24-16(22)11-5-3-2-4-6-11)25-17(23)19-8-7-12-13(19)9-18-14(12)15(20)21/h10-14,18H,2-9H2,1H3,(H,20,21). The van der Waals surface area contributed by atoms with Gasteiger partial charge in [0.1, 0.15) is 6.04 Å². The van der Waals surface area contributed by atoms with Crippen molar-refractivity contribution in [2.75, 3.05) is 13.1 Å². The molecule has 1 amide bonds. The van der Waals surface area contributed by atoms with E-state index in [2.05, 4.69) is 5.32 Å². The maximum atomic E-state index is 12.4. The van der Waals surface area contributed by atoms with Gasteiger partial charge in [0.05, 0.1) is 12.0 Å². The maximum absolute atomic E-state index is 12.4. The zero-order valence-corrected chi connectivity index (χ0v) is 14.5. The van der Waals surface area contributed by atoms with E-state index in [1.807, 2.05) is 0 Å². The van der Waals surface area contributed by atoms with Crippen LogP contribution in [0.3, 0.4) is 0 Å². The van der Waals surface area contributed by atoms with Crippen molar-refractivity contribution in [3.8, 4) is 0 Å². The molecule has 3 rings (SSSR count). The summed E-state index contributed by atoms with van der Waals surface area (Å²) in [7, 11) is 0. The van der Waals surface area contributed by atoms with Gasteiger partial charge in [0.2, 0.25) is 6.29 Å². The highest BCUT2D eigenvalue weighted by Gasteiger charge is 2.48. The van der Waals surface area contributed by atoms with E-state index in [0.717, 1.165) is 32.1 Å². The number of aliphatic carboxylic acids is 1. The maximum Gasteiger partial charge on any atom is 0.413 e. The van der Waals surface area contributed by atoms with Gasteiger partial charge in [-0.15, -0.1) is 0 Å². The molecule has 25 heavy (non-hydrogen) atoms. The van der Waals surface area contributed by atoms with Crippen LogP contribution in [0.5, 0.6) is 0 Å². The van der Waals surface area contributed by atoms with Crippen molar-refractivity contribution >= 4 is 18.0 Å². The molecule has 4 unspecified atom stereocenters. The molecule has 0 aromatic carbocycles. The monoisotopic (exact) mass is 354 g/mol. The number of rotatable bonds is 4. The van der Waals surface area contributed by atoms with E-state index in [0.29, 0.717) is 19.5 Å². The van der Waals surface area contributed by atoms with Crippen LogP contribution in [-0.2, 0) is 19.1 Å². The average molecular weight is 354 g/mol. The van der Waals surface area contributed by atoms with Gasteiger partial charge in [0.15, 0.2) is 0 Å². The third kappa shape index (κ3) is 3.89. The summed E-state index contributed by atoms with van der Waals surface area (Å²) in [6.45, 7) is 2.44. The Morgan fingerprint density at radius 3 is 2.52 bits per heavy atom. The van der Waals surface area contributed by atoms with Gasteiger partial charge in [-0.3, -0.25) is 9.59 Å². The number of carboxylic acid groups (broad SMARTS) is 1. The Labute approximate surface area is 146 Å². The summed E-state index contributed by atoms with van der Waals surface area (Å²) in [5.74, 6) is -1.39. The van der Waals surface area contributed by atoms with Gasteiger partial charge in [0.25, 0.3) is 0 Å². The van der Waals surface area contributed by atoms with E-state index in [9.17, 15) is 19.5 Å². The van der Waals surface area contributed by atoms with E-state index >= 15 is 0 Å². The van der Waals surface area contributed by atoms with Crippen LogP contribution >= 0.6 is 0 Å². The van der Waals surface area contributed by atoms with Crippen LogP contribution in [-0.4, -0.2) is 59.5 Å². The number of fused-ring (bicyclic) bond motifs is 1. The summed E-state index contributed by atoms with van der Waals surface area (Å²) in [6, 6.07) is -0.806. The first kappa shape index (κ1) is 18.0. The molecular formula is C17H26N2O6. The predicted octanol–water partition coefficient (Wildman–Crippen LogP) is 1.34. The Bertz CT molecular complexity index is 533. The lowest BCUT2D eigenvalue weighted by Crippen LogP contribution is -2.41. The van der Waals surface area contributed by atoms with E-state index in [4.69, 9.17) is 9.47 Å². The SMILES string of the molecule is CC(OC(=O)C1CCCCC1)OC(=O)N1CCC2C(C(=O)O)NCC21. The Morgan fingerprint density at radius 2 is 1.84 bits per heavy atom. The normalized spacial score (nSPS) is 30.6. The molecular weight excluding hydrogens is 328 g/mol. The molecule has 0 bridgehead atoms. The Hall–Kier alpha value is -1.83. The number of carboxylic acids is 1. The first-order valence-corrected chi connectivity index (χ1v) is 9.11. The first-order valence-electron chi connectivity index (χ1n) is 9.11.